The van der Waals surface area contributed by atoms with Crippen molar-refractivity contribution in [3.05, 3.63) is 46.9 Å². The van der Waals surface area contributed by atoms with Crippen LogP contribution in [0.25, 0.3) is 11.0 Å². The number of rotatable bonds is 5. The number of aryl methyl sites for hydroxylation is 1. The Morgan fingerprint density at radius 1 is 1.12 bits per heavy atom. The first-order valence-electron chi connectivity index (χ1n) is 14.5. The molecule has 1 aliphatic carbocycles. The standard InChI is InChI=1S/C30H40FN5O4/c1-18-21(17-39-35-18)28(37)34-25(19-11-8-6-5-7-9-12-19)27-32-22-15-14-20(24(31)26(22)33-27)23-13-10-16-36(23)29(38)40-30(2,3)4/h14-15,17,19,23,25H,5-13,16H2,1-4H3,(H,32,33)(H,34,37). The maximum Gasteiger partial charge on any atom is 0.410 e. The quantitative estimate of drug-likeness (QED) is 0.355. The van der Waals surface area contributed by atoms with Crippen LogP contribution in [-0.4, -0.2) is 44.2 Å². The fraction of sp³-hybridized carbons (Fsp3) is 0.600. The monoisotopic (exact) mass is 553 g/mol. The molecule has 2 fully saturated rings. The van der Waals surface area contributed by atoms with Crippen molar-refractivity contribution in [2.75, 3.05) is 6.54 Å². The van der Waals surface area contributed by atoms with Crippen molar-refractivity contribution >= 4 is 23.0 Å². The highest BCUT2D eigenvalue weighted by Gasteiger charge is 2.36. The Morgan fingerprint density at radius 3 is 2.52 bits per heavy atom. The molecular formula is C30H40FN5O4. The van der Waals surface area contributed by atoms with Crippen molar-refractivity contribution in [2.45, 2.75) is 103 Å². The van der Waals surface area contributed by atoms with Gasteiger partial charge in [-0.25, -0.2) is 14.2 Å². The first-order chi connectivity index (χ1) is 19.1. The summed E-state index contributed by atoms with van der Waals surface area (Å²) in [5.41, 5.74) is 1.47. The Balaban J connectivity index is 1.47. The molecule has 3 aromatic rings. The molecule has 1 aliphatic heterocycles. The molecule has 2 aromatic heterocycles. The molecule has 5 rings (SSSR count). The molecule has 2 atom stereocenters. The predicted octanol–water partition coefficient (Wildman–Crippen LogP) is 6.90. The van der Waals surface area contributed by atoms with E-state index in [-0.39, 0.29) is 17.3 Å². The van der Waals surface area contributed by atoms with Gasteiger partial charge in [-0.2, -0.15) is 0 Å². The van der Waals surface area contributed by atoms with E-state index in [0.717, 1.165) is 44.9 Å². The summed E-state index contributed by atoms with van der Waals surface area (Å²) < 4.78 is 26.7. The summed E-state index contributed by atoms with van der Waals surface area (Å²) in [6, 6.07) is 2.71. The van der Waals surface area contributed by atoms with E-state index in [1.54, 1.807) is 17.9 Å². The summed E-state index contributed by atoms with van der Waals surface area (Å²) in [6.45, 7) is 7.71. The number of fused-ring (bicyclic) bond motifs is 1. The van der Waals surface area contributed by atoms with E-state index in [1.165, 1.54) is 12.7 Å². The van der Waals surface area contributed by atoms with Gasteiger partial charge in [0.1, 0.15) is 28.8 Å². The Kier molecular flexibility index (Phi) is 8.14. The van der Waals surface area contributed by atoms with Gasteiger partial charge in [-0.15, -0.1) is 0 Å². The molecule has 0 radical (unpaired) electrons. The van der Waals surface area contributed by atoms with Gasteiger partial charge in [-0.05, 0) is 65.4 Å². The number of hydrogen-bond acceptors (Lipinski definition) is 6. The summed E-state index contributed by atoms with van der Waals surface area (Å²) >= 11 is 0. The van der Waals surface area contributed by atoms with Crippen molar-refractivity contribution in [3.8, 4) is 0 Å². The van der Waals surface area contributed by atoms with Crippen LogP contribution in [0.2, 0.25) is 0 Å². The third-order valence-electron chi connectivity index (χ3n) is 8.08. The lowest BCUT2D eigenvalue weighted by atomic mass is 9.85. The molecule has 0 bridgehead atoms. The summed E-state index contributed by atoms with van der Waals surface area (Å²) in [5, 5.41) is 7.01. The van der Waals surface area contributed by atoms with Crippen molar-refractivity contribution in [1.29, 1.82) is 0 Å². The van der Waals surface area contributed by atoms with E-state index >= 15 is 4.39 Å². The molecule has 40 heavy (non-hydrogen) atoms. The minimum atomic E-state index is -0.634. The summed E-state index contributed by atoms with van der Waals surface area (Å²) in [5.74, 6) is -0.0380. The van der Waals surface area contributed by atoms with Crippen LogP contribution in [0, 0.1) is 18.7 Å². The number of hydrogen-bond donors (Lipinski definition) is 2. The van der Waals surface area contributed by atoms with Gasteiger partial charge in [-0.3, -0.25) is 4.79 Å². The topological polar surface area (TPSA) is 113 Å². The summed E-state index contributed by atoms with van der Waals surface area (Å²) in [7, 11) is 0. The number of amides is 2. The van der Waals surface area contributed by atoms with E-state index < -0.39 is 29.6 Å². The number of benzene rings is 1. The van der Waals surface area contributed by atoms with Crippen LogP contribution in [0.3, 0.4) is 0 Å². The number of aromatic amines is 1. The molecule has 1 saturated carbocycles. The molecule has 0 spiro atoms. The Hall–Kier alpha value is -3.43. The Labute approximate surface area is 234 Å². The van der Waals surface area contributed by atoms with Crippen LogP contribution in [0.15, 0.2) is 22.9 Å². The largest absolute Gasteiger partial charge is 0.444 e. The van der Waals surface area contributed by atoms with E-state index in [0.29, 0.717) is 41.1 Å². The molecule has 1 saturated heterocycles. The number of imidazole rings is 1. The maximum atomic E-state index is 16.1. The predicted molar refractivity (Wildman–Crippen MR) is 148 cm³/mol. The average molecular weight is 554 g/mol. The minimum Gasteiger partial charge on any atom is -0.444 e. The van der Waals surface area contributed by atoms with Gasteiger partial charge in [0, 0.05) is 12.1 Å². The highest BCUT2D eigenvalue weighted by molar-refractivity contribution is 5.95. The maximum absolute atomic E-state index is 16.1. The first-order valence-corrected chi connectivity index (χ1v) is 14.5. The molecular weight excluding hydrogens is 513 g/mol. The number of aromatic nitrogens is 3. The number of halogens is 1. The molecule has 2 amide bonds. The zero-order chi connectivity index (χ0) is 28.4. The zero-order valence-corrected chi connectivity index (χ0v) is 23.9. The normalized spacial score (nSPS) is 19.8. The lowest BCUT2D eigenvalue weighted by Crippen LogP contribution is -2.36. The molecule has 216 valence electrons. The van der Waals surface area contributed by atoms with Crippen molar-refractivity contribution in [1.82, 2.24) is 25.3 Å². The fourth-order valence-corrected chi connectivity index (χ4v) is 6.07. The van der Waals surface area contributed by atoms with E-state index in [9.17, 15) is 9.59 Å². The molecule has 2 N–H and O–H groups in total. The average Bonchev–Trinajstić information content (AvgIpc) is 3.61. The van der Waals surface area contributed by atoms with Crippen LogP contribution in [-0.2, 0) is 4.74 Å². The fourth-order valence-electron chi connectivity index (χ4n) is 6.07. The number of ether oxygens (including phenoxy) is 1. The van der Waals surface area contributed by atoms with Crippen LogP contribution < -0.4 is 5.32 Å². The molecule has 3 heterocycles. The smallest absolute Gasteiger partial charge is 0.410 e. The van der Waals surface area contributed by atoms with Crippen molar-refractivity contribution in [3.63, 3.8) is 0 Å². The second-order valence-electron chi connectivity index (χ2n) is 12.2. The Bertz CT molecular complexity index is 1350. The second-order valence-corrected chi connectivity index (χ2v) is 12.2. The molecule has 1 aromatic carbocycles. The minimum absolute atomic E-state index is 0.157. The van der Waals surface area contributed by atoms with E-state index in [1.807, 2.05) is 26.8 Å². The lowest BCUT2D eigenvalue weighted by Gasteiger charge is -2.29. The Morgan fingerprint density at radius 2 is 1.85 bits per heavy atom. The van der Waals surface area contributed by atoms with Gasteiger partial charge >= 0.3 is 6.09 Å². The second kappa shape index (κ2) is 11.6. The lowest BCUT2D eigenvalue weighted by molar-refractivity contribution is 0.0222. The van der Waals surface area contributed by atoms with Gasteiger partial charge in [-0.1, -0.05) is 43.3 Å². The number of carbonyl (C=O) groups is 2. The number of likely N-dealkylation sites (tertiary alicyclic amines) is 1. The summed E-state index contributed by atoms with van der Waals surface area (Å²) in [6.07, 6.45) is 9.93. The van der Waals surface area contributed by atoms with Crippen LogP contribution in [0.4, 0.5) is 9.18 Å². The van der Waals surface area contributed by atoms with Crippen molar-refractivity contribution < 1.29 is 23.2 Å². The third kappa shape index (κ3) is 6.00. The SMILES string of the molecule is Cc1nocc1C(=O)NC(c1nc2c(F)c(C3CCCN3C(=O)OC(C)(C)C)ccc2[nH]1)C1CCCCCCC1. The third-order valence-corrected chi connectivity index (χ3v) is 8.08. The highest BCUT2D eigenvalue weighted by atomic mass is 19.1. The van der Waals surface area contributed by atoms with Gasteiger partial charge in [0.15, 0.2) is 5.82 Å². The molecule has 2 aliphatic rings. The molecule has 2 unspecified atom stereocenters. The number of H-pyrrole nitrogens is 1. The molecule has 9 nitrogen and oxygen atoms in total. The van der Waals surface area contributed by atoms with E-state index in [4.69, 9.17) is 14.2 Å². The van der Waals surface area contributed by atoms with Crippen LogP contribution in [0.5, 0.6) is 0 Å². The zero-order valence-electron chi connectivity index (χ0n) is 23.9. The van der Waals surface area contributed by atoms with Gasteiger partial charge < -0.3 is 24.5 Å². The van der Waals surface area contributed by atoms with Gasteiger partial charge in [0.25, 0.3) is 5.91 Å². The molecule has 10 heteroatoms. The first kappa shape index (κ1) is 28.1. The highest BCUT2D eigenvalue weighted by Crippen LogP contribution is 2.38. The number of nitrogens with one attached hydrogen (secondary N) is 2. The van der Waals surface area contributed by atoms with Gasteiger partial charge in [0.2, 0.25) is 0 Å². The van der Waals surface area contributed by atoms with Crippen LogP contribution >= 0.6 is 0 Å². The number of carbonyl (C=O) groups excluding carboxylic acids is 2. The summed E-state index contributed by atoms with van der Waals surface area (Å²) in [4.78, 5) is 35.8. The number of nitrogens with zero attached hydrogens (tertiary/aromatic N) is 3. The van der Waals surface area contributed by atoms with Crippen molar-refractivity contribution in [2.24, 2.45) is 5.92 Å². The van der Waals surface area contributed by atoms with Crippen LogP contribution in [0.1, 0.15) is 118 Å². The van der Waals surface area contributed by atoms with E-state index in [2.05, 4.69) is 15.5 Å². The van der Waals surface area contributed by atoms with Gasteiger partial charge in [0.05, 0.1) is 23.3 Å².